The third-order valence-electron chi connectivity index (χ3n) is 2.82. The Balaban J connectivity index is 2.99. The van der Waals surface area contributed by atoms with E-state index in [4.69, 9.17) is 4.42 Å². The van der Waals surface area contributed by atoms with Crippen LogP contribution in [0, 0.1) is 13.8 Å². The molecule has 0 fully saturated rings. The van der Waals surface area contributed by atoms with Gasteiger partial charge in [-0.1, -0.05) is 6.92 Å². The highest BCUT2D eigenvalue weighted by atomic mass is 16.3. The van der Waals surface area contributed by atoms with E-state index >= 15 is 0 Å². The maximum atomic E-state index is 12.1. The zero-order chi connectivity index (χ0) is 11.9. The van der Waals surface area contributed by atoms with Gasteiger partial charge in [-0.15, -0.1) is 0 Å². The summed E-state index contributed by atoms with van der Waals surface area (Å²) in [7, 11) is 0. The highest BCUT2D eigenvalue weighted by molar-refractivity contribution is 5.82. The van der Waals surface area contributed by atoms with Gasteiger partial charge < -0.3 is 9.52 Å². The van der Waals surface area contributed by atoms with E-state index < -0.39 is 0 Å². The molecule has 2 rings (SSSR count). The molecule has 16 heavy (non-hydrogen) atoms. The van der Waals surface area contributed by atoms with Crippen LogP contribution in [0.3, 0.4) is 0 Å². The quantitative estimate of drug-likeness (QED) is 0.800. The van der Waals surface area contributed by atoms with Crippen molar-refractivity contribution in [3.05, 3.63) is 39.2 Å². The number of fused-ring (bicyclic) bond motifs is 1. The fourth-order valence-electron chi connectivity index (χ4n) is 1.97. The predicted octanol–water partition coefficient (Wildman–Crippen LogP) is 2.68. The molecule has 3 heteroatoms. The smallest absolute Gasteiger partial charge is 0.196 e. The average Bonchev–Trinajstić information content (AvgIpc) is 2.22. The molecule has 0 spiro atoms. The number of phenols is 1. The number of hydrogen-bond donors (Lipinski definition) is 1. The van der Waals surface area contributed by atoms with Crippen LogP contribution in [0.2, 0.25) is 0 Å². The summed E-state index contributed by atoms with van der Waals surface area (Å²) in [5.74, 6) is 0.807. The van der Waals surface area contributed by atoms with Gasteiger partial charge in [0.1, 0.15) is 17.1 Å². The highest BCUT2D eigenvalue weighted by Crippen LogP contribution is 2.23. The highest BCUT2D eigenvalue weighted by Gasteiger charge is 2.12. The zero-order valence-electron chi connectivity index (χ0n) is 9.63. The Kier molecular flexibility index (Phi) is 2.46. The monoisotopic (exact) mass is 218 g/mol. The SMILES string of the molecule is CCc1oc2cc(O)cc(C)c2c(=O)c1C. The Morgan fingerprint density at radius 3 is 2.62 bits per heavy atom. The van der Waals surface area contributed by atoms with Crippen molar-refractivity contribution in [2.24, 2.45) is 0 Å². The molecule has 0 radical (unpaired) electrons. The molecule has 0 aliphatic rings. The predicted molar refractivity (Wildman–Crippen MR) is 63.0 cm³/mol. The normalized spacial score (nSPS) is 10.9. The molecule has 0 saturated heterocycles. The first kappa shape index (κ1) is 10.7. The Bertz CT molecular complexity index is 609. The van der Waals surface area contributed by atoms with E-state index in [2.05, 4.69) is 0 Å². The second kappa shape index (κ2) is 3.67. The van der Waals surface area contributed by atoms with Crippen LogP contribution in [0.25, 0.3) is 11.0 Å². The van der Waals surface area contributed by atoms with Crippen LogP contribution in [0.4, 0.5) is 0 Å². The lowest BCUT2D eigenvalue weighted by Crippen LogP contribution is -2.09. The number of aromatic hydroxyl groups is 1. The molecule has 84 valence electrons. The van der Waals surface area contributed by atoms with Crippen molar-refractivity contribution in [2.75, 3.05) is 0 Å². The van der Waals surface area contributed by atoms with Crippen LogP contribution in [-0.2, 0) is 6.42 Å². The van der Waals surface area contributed by atoms with Crippen molar-refractivity contribution in [2.45, 2.75) is 27.2 Å². The molecule has 0 amide bonds. The van der Waals surface area contributed by atoms with E-state index in [0.29, 0.717) is 28.7 Å². The average molecular weight is 218 g/mol. The van der Waals surface area contributed by atoms with Gasteiger partial charge in [0.2, 0.25) is 0 Å². The first-order chi connectivity index (χ1) is 7.54. The van der Waals surface area contributed by atoms with Crippen LogP contribution in [-0.4, -0.2) is 5.11 Å². The Hall–Kier alpha value is -1.77. The summed E-state index contributed by atoms with van der Waals surface area (Å²) in [5.41, 5.74) is 1.86. The minimum atomic E-state index is -0.00407. The molecule has 0 unspecified atom stereocenters. The molecule has 0 saturated carbocycles. The molecule has 1 aromatic heterocycles. The maximum absolute atomic E-state index is 12.1. The van der Waals surface area contributed by atoms with E-state index in [-0.39, 0.29) is 11.2 Å². The van der Waals surface area contributed by atoms with E-state index in [0.717, 1.165) is 5.56 Å². The molecule has 1 N–H and O–H groups in total. The molecular weight excluding hydrogens is 204 g/mol. The summed E-state index contributed by atoms with van der Waals surface area (Å²) in [6.07, 6.45) is 0.672. The summed E-state index contributed by atoms with van der Waals surface area (Å²) in [5, 5.41) is 10.0. The second-order valence-electron chi connectivity index (χ2n) is 3.97. The molecule has 3 nitrogen and oxygen atoms in total. The number of aryl methyl sites for hydroxylation is 2. The van der Waals surface area contributed by atoms with Gasteiger partial charge in [0, 0.05) is 18.1 Å². The van der Waals surface area contributed by atoms with Crippen LogP contribution in [0.1, 0.15) is 23.8 Å². The third-order valence-corrected chi connectivity index (χ3v) is 2.82. The van der Waals surface area contributed by atoms with Crippen molar-refractivity contribution in [1.82, 2.24) is 0 Å². The molecule has 0 aliphatic carbocycles. The minimum Gasteiger partial charge on any atom is -0.508 e. The van der Waals surface area contributed by atoms with Crippen molar-refractivity contribution in [3.63, 3.8) is 0 Å². The van der Waals surface area contributed by atoms with Crippen LogP contribution in [0.15, 0.2) is 21.3 Å². The molecule has 1 aromatic carbocycles. The first-order valence-corrected chi connectivity index (χ1v) is 5.30. The fraction of sp³-hybridized carbons (Fsp3) is 0.308. The fourth-order valence-corrected chi connectivity index (χ4v) is 1.97. The summed E-state index contributed by atoms with van der Waals surface area (Å²) in [6, 6.07) is 3.06. The van der Waals surface area contributed by atoms with Gasteiger partial charge in [-0.2, -0.15) is 0 Å². The lowest BCUT2D eigenvalue weighted by Gasteiger charge is -2.07. The maximum Gasteiger partial charge on any atom is 0.196 e. The Morgan fingerprint density at radius 2 is 2.00 bits per heavy atom. The molecule has 2 aromatic rings. The largest absolute Gasteiger partial charge is 0.508 e. The van der Waals surface area contributed by atoms with Gasteiger partial charge in [-0.25, -0.2) is 0 Å². The van der Waals surface area contributed by atoms with Crippen LogP contribution in [0.5, 0.6) is 5.75 Å². The minimum absolute atomic E-state index is 0.00407. The van der Waals surface area contributed by atoms with Crippen molar-refractivity contribution >= 4 is 11.0 Å². The third kappa shape index (κ3) is 1.48. The van der Waals surface area contributed by atoms with Gasteiger partial charge in [0.25, 0.3) is 0 Å². The van der Waals surface area contributed by atoms with E-state index in [1.165, 1.54) is 6.07 Å². The molecule has 0 atom stereocenters. The lowest BCUT2D eigenvalue weighted by atomic mass is 10.1. The summed E-state index contributed by atoms with van der Waals surface area (Å²) >= 11 is 0. The van der Waals surface area contributed by atoms with Crippen molar-refractivity contribution in [1.29, 1.82) is 0 Å². The van der Waals surface area contributed by atoms with Crippen molar-refractivity contribution in [3.8, 4) is 5.75 Å². The van der Waals surface area contributed by atoms with E-state index in [1.807, 2.05) is 6.92 Å². The van der Waals surface area contributed by atoms with Crippen LogP contribution < -0.4 is 5.43 Å². The number of benzene rings is 1. The van der Waals surface area contributed by atoms with Crippen molar-refractivity contribution < 1.29 is 9.52 Å². The standard InChI is InChI=1S/C13H14O3/c1-4-10-8(3)13(15)12-7(2)5-9(14)6-11(12)16-10/h5-6,14H,4H2,1-3H3. The number of hydrogen-bond acceptors (Lipinski definition) is 3. The van der Waals surface area contributed by atoms with Crippen LogP contribution >= 0.6 is 0 Å². The molecular formula is C13H14O3. The Morgan fingerprint density at radius 1 is 1.31 bits per heavy atom. The van der Waals surface area contributed by atoms with Gasteiger partial charge >= 0.3 is 0 Å². The first-order valence-electron chi connectivity index (χ1n) is 5.30. The number of phenolic OH excluding ortho intramolecular Hbond substituents is 1. The topological polar surface area (TPSA) is 50.4 Å². The van der Waals surface area contributed by atoms with E-state index in [1.54, 1.807) is 19.9 Å². The van der Waals surface area contributed by atoms with E-state index in [9.17, 15) is 9.90 Å². The lowest BCUT2D eigenvalue weighted by molar-refractivity contribution is 0.472. The summed E-state index contributed by atoms with van der Waals surface area (Å²) in [6.45, 7) is 5.51. The van der Waals surface area contributed by atoms with Gasteiger partial charge in [-0.05, 0) is 25.5 Å². The second-order valence-corrected chi connectivity index (χ2v) is 3.97. The van der Waals surface area contributed by atoms with Gasteiger partial charge in [0.15, 0.2) is 5.43 Å². The number of rotatable bonds is 1. The molecule has 0 aliphatic heterocycles. The summed E-state index contributed by atoms with van der Waals surface area (Å²) in [4.78, 5) is 12.1. The Labute approximate surface area is 93.3 Å². The van der Waals surface area contributed by atoms with Gasteiger partial charge in [0.05, 0.1) is 5.39 Å². The zero-order valence-corrected chi connectivity index (χ0v) is 9.63. The molecule has 0 bridgehead atoms. The molecule has 1 heterocycles. The summed E-state index contributed by atoms with van der Waals surface area (Å²) < 4.78 is 5.62. The van der Waals surface area contributed by atoms with Gasteiger partial charge in [-0.3, -0.25) is 4.79 Å².